The van der Waals surface area contributed by atoms with E-state index in [0.717, 1.165) is 6.07 Å². The molecule has 0 aliphatic carbocycles. The van der Waals surface area contributed by atoms with Gasteiger partial charge in [0.25, 0.3) is 11.6 Å². The van der Waals surface area contributed by atoms with Crippen LogP contribution in [0, 0.1) is 10.1 Å². The van der Waals surface area contributed by atoms with Gasteiger partial charge >= 0.3 is 0 Å². The maximum absolute atomic E-state index is 12.0. The highest BCUT2D eigenvalue weighted by molar-refractivity contribution is 6.34. The molecule has 6 nitrogen and oxygen atoms in total. The van der Waals surface area contributed by atoms with Gasteiger partial charge in [0.15, 0.2) is 0 Å². The van der Waals surface area contributed by atoms with Crippen LogP contribution >= 0.6 is 23.2 Å². The lowest BCUT2D eigenvalue weighted by molar-refractivity contribution is -0.384. The number of carbonyl (C=O) groups excluding carboxylic acids is 1. The molecule has 0 aliphatic rings. The van der Waals surface area contributed by atoms with Crippen LogP contribution in [-0.4, -0.2) is 15.8 Å². The van der Waals surface area contributed by atoms with Crippen LogP contribution in [0.4, 0.5) is 11.4 Å². The van der Waals surface area contributed by atoms with Gasteiger partial charge in [-0.05, 0) is 18.2 Å². The molecule has 0 bridgehead atoms. The van der Waals surface area contributed by atoms with Crippen molar-refractivity contribution < 1.29 is 9.72 Å². The van der Waals surface area contributed by atoms with Crippen molar-refractivity contribution in [1.29, 1.82) is 0 Å². The number of rotatable bonds is 3. The van der Waals surface area contributed by atoms with Crippen LogP contribution in [0.5, 0.6) is 0 Å². The van der Waals surface area contributed by atoms with E-state index in [-0.39, 0.29) is 16.3 Å². The van der Waals surface area contributed by atoms with Gasteiger partial charge in [-0.15, -0.1) is 0 Å². The highest BCUT2D eigenvalue weighted by Gasteiger charge is 2.16. The number of amides is 1. The van der Waals surface area contributed by atoms with Gasteiger partial charge in [0.05, 0.1) is 21.8 Å². The highest BCUT2D eigenvalue weighted by atomic mass is 35.5. The predicted molar refractivity (Wildman–Crippen MR) is 75.3 cm³/mol. The van der Waals surface area contributed by atoms with Crippen LogP contribution in [0.1, 0.15) is 10.4 Å². The van der Waals surface area contributed by atoms with Crippen molar-refractivity contribution in [2.24, 2.45) is 0 Å². The quantitative estimate of drug-likeness (QED) is 0.693. The van der Waals surface area contributed by atoms with E-state index in [2.05, 4.69) is 10.3 Å². The summed E-state index contributed by atoms with van der Waals surface area (Å²) in [5.41, 5.74) is 0.0781. The van der Waals surface area contributed by atoms with E-state index in [4.69, 9.17) is 23.2 Å². The minimum Gasteiger partial charge on any atom is -0.319 e. The van der Waals surface area contributed by atoms with Crippen molar-refractivity contribution in [3.8, 4) is 0 Å². The molecule has 0 saturated carbocycles. The molecule has 0 aliphatic heterocycles. The van der Waals surface area contributed by atoms with Crippen LogP contribution in [0.2, 0.25) is 10.0 Å². The Labute approximate surface area is 123 Å². The molecule has 2 rings (SSSR count). The van der Waals surface area contributed by atoms with Gasteiger partial charge in [-0.25, -0.2) is 0 Å². The Balaban J connectivity index is 2.28. The molecule has 0 spiro atoms. The Kier molecular flexibility index (Phi) is 4.16. The number of nitrogens with one attached hydrogen (secondary N) is 1. The molecule has 1 heterocycles. The average Bonchev–Trinajstić information content (AvgIpc) is 2.41. The highest BCUT2D eigenvalue weighted by Crippen LogP contribution is 2.26. The largest absolute Gasteiger partial charge is 0.319 e. The number of pyridine rings is 1. The van der Waals surface area contributed by atoms with E-state index in [0.29, 0.717) is 10.7 Å². The Morgan fingerprint density at radius 3 is 2.65 bits per heavy atom. The number of carbonyl (C=O) groups is 1. The zero-order valence-corrected chi connectivity index (χ0v) is 11.4. The lowest BCUT2D eigenvalue weighted by atomic mass is 10.2. The molecule has 2 aromatic rings. The second-order valence-corrected chi connectivity index (χ2v) is 4.55. The third kappa shape index (κ3) is 3.04. The third-order valence-electron chi connectivity index (χ3n) is 2.42. The van der Waals surface area contributed by atoms with E-state index in [9.17, 15) is 14.9 Å². The molecular weight excluding hydrogens is 305 g/mol. The molecule has 1 aromatic carbocycles. The molecular formula is C12H7Cl2N3O3. The maximum atomic E-state index is 12.0. The van der Waals surface area contributed by atoms with Crippen molar-refractivity contribution in [2.75, 3.05) is 5.32 Å². The summed E-state index contributed by atoms with van der Waals surface area (Å²) in [6.07, 6.45) is 2.86. The number of hydrogen-bond acceptors (Lipinski definition) is 4. The van der Waals surface area contributed by atoms with Crippen LogP contribution in [0.25, 0.3) is 0 Å². The first-order valence-corrected chi connectivity index (χ1v) is 6.09. The van der Waals surface area contributed by atoms with Crippen molar-refractivity contribution in [1.82, 2.24) is 4.98 Å². The van der Waals surface area contributed by atoms with Crippen LogP contribution in [-0.2, 0) is 0 Å². The number of nitro groups is 1. The van der Waals surface area contributed by atoms with Gasteiger partial charge in [-0.2, -0.15) is 0 Å². The Hall–Kier alpha value is -2.18. The molecule has 0 unspecified atom stereocenters. The summed E-state index contributed by atoms with van der Waals surface area (Å²) in [6.45, 7) is 0. The predicted octanol–water partition coefficient (Wildman–Crippen LogP) is 3.55. The lowest BCUT2D eigenvalue weighted by Crippen LogP contribution is -2.12. The van der Waals surface area contributed by atoms with Crippen molar-refractivity contribution in [3.63, 3.8) is 0 Å². The number of benzene rings is 1. The van der Waals surface area contributed by atoms with E-state index in [1.54, 1.807) is 0 Å². The summed E-state index contributed by atoms with van der Waals surface area (Å²) < 4.78 is 0. The first kappa shape index (κ1) is 14.2. The van der Waals surface area contributed by atoms with Gasteiger partial charge in [0.1, 0.15) is 5.02 Å². The molecule has 1 N–H and O–H groups in total. The van der Waals surface area contributed by atoms with E-state index in [1.807, 2.05) is 0 Å². The van der Waals surface area contributed by atoms with Crippen LogP contribution in [0.3, 0.4) is 0 Å². The minimum absolute atomic E-state index is 0.0361. The number of halogens is 2. The van der Waals surface area contributed by atoms with E-state index in [1.165, 1.54) is 30.6 Å². The maximum Gasteiger partial charge on any atom is 0.288 e. The standard InChI is InChI=1S/C12H7Cl2N3O3/c13-8-3-4-15-6-10(8)16-12(18)7-1-2-9(14)11(5-7)17(19)20/h1-6H,(H,16,18). The fourth-order valence-corrected chi connectivity index (χ4v) is 1.80. The first-order chi connectivity index (χ1) is 9.49. The number of nitro benzene ring substituents is 1. The molecule has 0 fully saturated rings. The zero-order valence-electron chi connectivity index (χ0n) is 9.84. The van der Waals surface area contributed by atoms with Gasteiger partial charge < -0.3 is 5.32 Å². The number of nitrogens with zero attached hydrogens (tertiary/aromatic N) is 2. The van der Waals surface area contributed by atoms with Gasteiger partial charge in [0, 0.05) is 17.8 Å². The minimum atomic E-state index is -0.657. The molecule has 1 aromatic heterocycles. The van der Waals surface area contributed by atoms with E-state index >= 15 is 0 Å². The molecule has 0 saturated heterocycles. The average molecular weight is 312 g/mol. The second kappa shape index (κ2) is 5.85. The summed E-state index contributed by atoms with van der Waals surface area (Å²) >= 11 is 11.6. The molecule has 20 heavy (non-hydrogen) atoms. The fourth-order valence-electron chi connectivity index (χ4n) is 1.46. The molecule has 0 atom stereocenters. The van der Waals surface area contributed by atoms with Crippen LogP contribution in [0.15, 0.2) is 36.7 Å². The van der Waals surface area contributed by atoms with Gasteiger partial charge in [-0.1, -0.05) is 23.2 Å². The second-order valence-electron chi connectivity index (χ2n) is 3.73. The summed E-state index contributed by atoms with van der Waals surface area (Å²) in [5, 5.41) is 13.6. The molecule has 8 heteroatoms. The number of anilines is 1. The SMILES string of the molecule is O=C(Nc1cnccc1Cl)c1ccc(Cl)c([N+](=O)[O-])c1. The van der Waals surface area contributed by atoms with Gasteiger partial charge in [-0.3, -0.25) is 19.9 Å². The zero-order chi connectivity index (χ0) is 14.7. The van der Waals surface area contributed by atoms with Crippen LogP contribution < -0.4 is 5.32 Å². The Morgan fingerprint density at radius 2 is 2.00 bits per heavy atom. The number of hydrogen-bond donors (Lipinski definition) is 1. The van der Waals surface area contributed by atoms with E-state index < -0.39 is 10.8 Å². The summed E-state index contributed by atoms with van der Waals surface area (Å²) in [6, 6.07) is 5.29. The van der Waals surface area contributed by atoms with Crippen molar-refractivity contribution >= 4 is 40.5 Å². The summed E-state index contributed by atoms with van der Waals surface area (Å²) in [4.78, 5) is 25.9. The smallest absolute Gasteiger partial charge is 0.288 e. The molecule has 0 radical (unpaired) electrons. The topological polar surface area (TPSA) is 85.1 Å². The van der Waals surface area contributed by atoms with Gasteiger partial charge in [0.2, 0.25) is 0 Å². The number of aromatic nitrogens is 1. The molecule has 1 amide bonds. The fraction of sp³-hybridized carbons (Fsp3) is 0. The summed E-state index contributed by atoms with van der Waals surface area (Å²) in [5.74, 6) is -0.542. The monoisotopic (exact) mass is 311 g/mol. The van der Waals surface area contributed by atoms with Crippen molar-refractivity contribution in [3.05, 3.63) is 62.4 Å². The lowest BCUT2D eigenvalue weighted by Gasteiger charge is -2.06. The first-order valence-electron chi connectivity index (χ1n) is 5.34. The third-order valence-corrected chi connectivity index (χ3v) is 3.07. The Morgan fingerprint density at radius 1 is 1.25 bits per heavy atom. The normalized spacial score (nSPS) is 10.1. The summed E-state index contributed by atoms with van der Waals surface area (Å²) in [7, 11) is 0. The molecule has 102 valence electrons. The Bertz CT molecular complexity index is 691. The van der Waals surface area contributed by atoms with Crippen molar-refractivity contribution in [2.45, 2.75) is 0 Å².